The van der Waals surface area contributed by atoms with Gasteiger partial charge in [-0.25, -0.2) is 0 Å². The van der Waals surface area contributed by atoms with Crippen molar-refractivity contribution in [1.29, 1.82) is 0 Å². The maximum Gasteiger partial charge on any atom is 0.0544 e. The van der Waals surface area contributed by atoms with Gasteiger partial charge in [0.25, 0.3) is 0 Å². The highest BCUT2D eigenvalue weighted by molar-refractivity contribution is 4.53. The van der Waals surface area contributed by atoms with E-state index in [1.807, 2.05) is 0 Å². The fourth-order valence-electron chi connectivity index (χ4n) is 0.446. The van der Waals surface area contributed by atoms with Crippen LogP contribution in [0, 0.1) is 12.8 Å². The molecule has 0 aromatic rings. The van der Waals surface area contributed by atoms with E-state index in [4.69, 9.17) is 4.74 Å². The summed E-state index contributed by atoms with van der Waals surface area (Å²) in [6.07, 6.45) is 1.49. The van der Waals surface area contributed by atoms with Gasteiger partial charge in [0.05, 0.1) is 6.10 Å². The van der Waals surface area contributed by atoms with Crippen molar-refractivity contribution < 1.29 is 4.74 Å². The molecule has 0 saturated heterocycles. The number of hydrogen-bond acceptors (Lipinski definition) is 1. The predicted octanol–water partition coefficient (Wildman–Crippen LogP) is 2.27. The van der Waals surface area contributed by atoms with Gasteiger partial charge in [-0.1, -0.05) is 13.8 Å². The van der Waals surface area contributed by atoms with Crippen LogP contribution in [0.15, 0.2) is 0 Å². The van der Waals surface area contributed by atoms with Gasteiger partial charge in [-0.2, -0.15) is 0 Å². The molecule has 0 heterocycles. The second-order valence-corrected chi connectivity index (χ2v) is 2.66. The number of hydrogen-bond donors (Lipinski definition) is 0. The van der Waals surface area contributed by atoms with Crippen LogP contribution in [0.25, 0.3) is 0 Å². The molecular weight excluding hydrogens is 112 g/mol. The molecule has 0 aromatic heterocycles. The average molecular weight is 129 g/mol. The maximum absolute atomic E-state index is 5.39. The summed E-state index contributed by atoms with van der Waals surface area (Å²) < 4.78 is 5.39. The quantitative estimate of drug-likeness (QED) is 0.565. The molecule has 55 valence electrons. The van der Waals surface area contributed by atoms with E-state index in [9.17, 15) is 0 Å². The number of ether oxygens (including phenoxy) is 1. The van der Waals surface area contributed by atoms with Crippen LogP contribution >= 0.6 is 0 Å². The molecule has 0 rings (SSSR count). The maximum atomic E-state index is 5.39. The van der Waals surface area contributed by atoms with Crippen molar-refractivity contribution in [3.8, 4) is 0 Å². The largest absolute Gasteiger partial charge is 0.378 e. The highest BCUT2D eigenvalue weighted by atomic mass is 16.5. The van der Waals surface area contributed by atoms with Crippen LogP contribution < -0.4 is 0 Å². The summed E-state index contributed by atoms with van der Waals surface area (Å²) in [7, 11) is 0. The molecular formula is C8H17O. The van der Waals surface area contributed by atoms with Gasteiger partial charge in [-0.05, 0) is 26.2 Å². The van der Waals surface area contributed by atoms with E-state index >= 15 is 0 Å². The van der Waals surface area contributed by atoms with Gasteiger partial charge >= 0.3 is 0 Å². The molecule has 0 amide bonds. The Kier molecular flexibility index (Phi) is 4.78. The van der Waals surface area contributed by atoms with Crippen molar-refractivity contribution in [2.45, 2.75) is 33.3 Å². The SMILES string of the molecule is [CH2]C(C)COC(C)CC. The highest BCUT2D eigenvalue weighted by Gasteiger charge is 1.98. The number of rotatable bonds is 4. The van der Waals surface area contributed by atoms with E-state index in [2.05, 4.69) is 27.7 Å². The fourth-order valence-corrected chi connectivity index (χ4v) is 0.446. The molecule has 9 heavy (non-hydrogen) atoms. The first kappa shape index (κ1) is 8.96. The first-order valence-corrected chi connectivity index (χ1v) is 3.61. The van der Waals surface area contributed by atoms with Gasteiger partial charge in [0.15, 0.2) is 0 Å². The Morgan fingerprint density at radius 3 is 2.33 bits per heavy atom. The minimum absolute atomic E-state index is 0.397. The first-order chi connectivity index (χ1) is 4.16. The molecule has 0 aliphatic carbocycles. The lowest BCUT2D eigenvalue weighted by atomic mass is 10.2. The lowest BCUT2D eigenvalue weighted by Gasteiger charge is -2.11. The third-order valence-electron chi connectivity index (χ3n) is 1.24. The van der Waals surface area contributed by atoms with Crippen LogP contribution in [0.2, 0.25) is 0 Å². The molecule has 1 nitrogen and oxygen atoms in total. The van der Waals surface area contributed by atoms with E-state index in [1.54, 1.807) is 0 Å². The van der Waals surface area contributed by atoms with Crippen LogP contribution in [0.5, 0.6) is 0 Å². The van der Waals surface area contributed by atoms with Gasteiger partial charge in [0.2, 0.25) is 0 Å². The zero-order valence-electron chi connectivity index (χ0n) is 6.68. The molecule has 1 radical (unpaired) electrons. The topological polar surface area (TPSA) is 9.23 Å². The van der Waals surface area contributed by atoms with Crippen LogP contribution in [-0.4, -0.2) is 12.7 Å². The first-order valence-electron chi connectivity index (χ1n) is 3.61. The molecule has 0 bridgehead atoms. The molecule has 0 N–H and O–H groups in total. The van der Waals surface area contributed by atoms with Gasteiger partial charge in [0.1, 0.15) is 0 Å². The van der Waals surface area contributed by atoms with E-state index in [0.29, 0.717) is 12.0 Å². The summed E-state index contributed by atoms with van der Waals surface area (Å²) in [6.45, 7) is 10.9. The molecule has 1 heteroatoms. The Labute approximate surface area is 58.4 Å². The molecule has 2 unspecified atom stereocenters. The van der Waals surface area contributed by atoms with Crippen molar-refractivity contribution in [3.63, 3.8) is 0 Å². The van der Waals surface area contributed by atoms with Crippen molar-refractivity contribution in [2.24, 2.45) is 5.92 Å². The van der Waals surface area contributed by atoms with E-state index in [-0.39, 0.29) is 0 Å². The van der Waals surface area contributed by atoms with E-state index in [0.717, 1.165) is 13.0 Å². The van der Waals surface area contributed by atoms with Crippen molar-refractivity contribution in [1.82, 2.24) is 0 Å². The van der Waals surface area contributed by atoms with Crippen LogP contribution in [0.3, 0.4) is 0 Å². The molecule has 0 aromatic carbocycles. The second kappa shape index (κ2) is 4.80. The van der Waals surface area contributed by atoms with Crippen LogP contribution in [-0.2, 0) is 4.74 Å². The molecule has 0 fully saturated rings. The Morgan fingerprint density at radius 1 is 1.44 bits per heavy atom. The molecule has 0 saturated carbocycles. The standard InChI is InChI=1S/C8H17O/c1-5-8(4)9-6-7(2)3/h7-8H,2,5-6H2,1,3-4H3. The highest BCUT2D eigenvalue weighted by Crippen LogP contribution is 1.99. The zero-order valence-corrected chi connectivity index (χ0v) is 6.68. The molecule has 2 atom stereocenters. The summed E-state index contributed by atoms with van der Waals surface area (Å²) >= 11 is 0. The Hall–Kier alpha value is -0.0400. The fraction of sp³-hybridized carbons (Fsp3) is 0.875. The Morgan fingerprint density at radius 2 is 2.00 bits per heavy atom. The molecule has 0 aliphatic heterocycles. The average Bonchev–Trinajstić information content (AvgIpc) is 1.83. The third-order valence-corrected chi connectivity index (χ3v) is 1.24. The minimum Gasteiger partial charge on any atom is -0.378 e. The van der Waals surface area contributed by atoms with Gasteiger partial charge in [0, 0.05) is 6.61 Å². The normalized spacial score (nSPS) is 14.3. The van der Waals surface area contributed by atoms with Gasteiger partial charge in [-0.3, -0.25) is 0 Å². The van der Waals surface area contributed by atoms with Crippen molar-refractivity contribution in [2.75, 3.05) is 6.61 Å². The Balaban J connectivity index is 3.06. The summed E-state index contributed by atoms with van der Waals surface area (Å²) in [4.78, 5) is 0. The molecule has 0 aliphatic rings. The van der Waals surface area contributed by atoms with Crippen LogP contribution in [0.4, 0.5) is 0 Å². The van der Waals surface area contributed by atoms with Crippen LogP contribution in [0.1, 0.15) is 27.2 Å². The Bertz CT molecular complexity index is 59.6. The summed E-state index contributed by atoms with van der Waals surface area (Å²) in [6, 6.07) is 0. The van der Waals surface area contributed by atoms with Gasteiger partial charge in [-0.15, -0.1) is 0 Å². The van der Waals surface area contributed by atoms with E-state index in [1.165, 1.54) is 0 Å². The summed E-state index contributed by atoms with van der Waals surface area (Å²) in [5.74, 6) is 0.416. The predicted molar refractivity (Wildman–Crippen MR) is 40.2 cm³/mol. The third kappa shape index (κ3) is 5.84. The van der Waals surface area contributed by atoms with Gasteiger partial charge < -0.3 is 4.74 Å². The summed E-state index contributed by atoms with van der Waals surface area (Å²) in [5, 5.41) is 0. The van der Waals surface area contributed by atoms with Crippen molar-refractivity contribution in [3.05, 3.63) is 6.92 Å². The minimum atomic E-state index is 0.397. The lowest BCUT2D eigenvalue weighted by Crippen LogP contribution is -2.11. The molecule has 0 spiro atoms. The van der Waals surface area contributed by atoms with Crippen molar-refractivity contribution >= 4 is 0 Å². The lowest BCUT2D eigenvalue weighted by molar-refractivity contribution is 0.0501. The smallest absolute Gasteiger partial charge is 0.0544 e. The zero-order chi connectivity index (χ0) is 7.28. The summed E-state index contributed by atoms with van der Waals surface area (Å²) in [5.41, 5.74) is 0. The monoisotopic (exact) mass is 129 g/mol. The second-order valence-electron chi connectivity index (χ2n) is 2.66. The van der Waals surface area contributed by atoms with E-state index < -0.39 is 0 Å².